The minimum absolute atomic E-state index is 0.0565. The molecule has 0 heterocycles. The van der Waals surface area contributed by atoms with Crippen molar-refractivity contribution >= 4 is 23.9 Å². The molecule has 0 bridgehead atoms. The van der Waals surface area contributed by atoms with Gasteiger partial charge in [0.2, 0.25) is 0 Å². The standard InChI is InChI=1S/C81H124O12/c1-25-73(9,10)57-41-53(42-58(69(57)86)74(11,12)26-2)33-37-65(82)90-49-81(50-91-66(83)38-34-54-43-59(75(13,14)27-3)70(87)60(44-54)76(15,16)28-4,51-92-67(84)39-35-55-45-61(77(17,18)29-5)71(88)62(46-55)78(19,20)30-6)52-93-68(85)40-36-56-47-63(79(21,22)31-7)72(89)64(48-56)80(23,24)32-8/h41-48,86-89H,25-40,49-52H2,1-24H3. The Kier molecular flexibility index (Phi) is 27.0. The number of carbonyl (C=O) groups is 4. The lowest BCUT2D eigenvalue weighted by Crippen LogP contribution is -2.44. The van der Waals surface area contributed by atoms with Gasteiger partial charge in [0.1, 0.15) is 54.8 Å². The van der Waals surface area contributed by atoms with Crippen LogP contribution in [0, 0.1) is 5.41 Å². The molecule has 0 spiro atoms. The molecule has 0 amide bonds. The Labute approximate surface area is 562 Å². The van der Waals surface area contributed by atoms with Gasteiger partial charge < -0.3 is 39.4 Å². The summed E-state index contributed by atoms with van der Waals surface area (Å²) >= 11 is 0. The lowest BCUT2D eigenvalue weighted by Gasteiger charge is -2.32. The highest BCUT2D eigenvalue weighted by Crippen LogP contribution is 2.47. The van der Waals surface area contributed by atoms with Crippen molar-refractivity contribution in [1.82, 2.24) is 0 Å². The summed E-state index contributed by atoms with van der Waals surface area (Å²) in [5, 5.41) is 47.0. The van der Waals surface area contributed by atoms with Crippen LogP contribution in [0.15, 0.2) is 48.5 Å². The Hall–Kier alpha value is -6.04. The summed E-state index contributed by atoms with van der Waals surface area (Å²) in [5.74, 6) is -1.28. The first-order valence-corrected chi connectivity index (χ1v) is 35.0. The summed E-state index contributed by atoms with van der Waals surface area (Å²) in [6.45, 7) is 48.4. The van der Waals surface area contributed by atoms with E-state index in [9.17, 15) is 39.6 Å². The van der Waals surface area contributed by atoms with Gasteiger partial charge in [-0.1, -0.05) is 215 Å². The van der Waals surface area contributed by atoms with E-state index < -0.39 is 55.7 Å². The molecule has 0 aliphatic rings. The number of aryl methyl sites for hydroxylation is 4. The molecule has 520 valence electrons. The first-order valence-electron chi connectivity index (χ1n) is 35.0. The molecule has 0 aliphatic heterocycles. The highest BCUT2D eigenvalue weighted by molar-refractivity contribution is 5.72. The maximum atomic E-state index is 14.3. The van der Waals surface area contributed by atoms with Crippen LogP contribution in [0.4, 0.5) is 0 Å². The normalized spacial score (nSPS) is 13.1. The third-order valence-electron chi connectivity index (χ3n) is 22.2. The Balaban J connectivity index is 1.83. The number of hydrogen-bond donors (Lipinski definition) is 4. The Morgan fingerprint density at radius 2 is 0.398 bits per heavy atom. The molecule has 12 nitrogen and oxygen atoms in total. The number of phenols is 4. The third kappa shape index (κ3) is 20.0. The highest BCUT2D eigenvalue weighted by Gasteiger charge is 2.40. The Morgan fingerprint density at radius 3 is 0.516 bits per heavy atom. The van der Waals surface area contributed by atoms with Crippen LogP contribution in [-0.4, -0.2) is 70.7 Å². The molecule has 4 N–H and O–H groups in total. The van der Waals surface area contributed by atoms with E-state index in [1.165, 1.54) is 0 Å². The second kappa shape index (κ2) is 31.7. The SMILES string of the molecule is CCC(C)(C)c1cc(CCC(=O)OCC(COC(=O)CCc2cc(C(C)(C)CC)c(O)c(C(C)(C)CC)c2)(COC(=O)CCc2cc(C(C)(C)CC)c(O)c(C(C)(C)CC)c2)COC(=O)CCc2cc(C(C)(C)CC)c(O)c(C(C)(C)CC)c2)cc(C(C)(C)CC)c1O. The van der Waals surface area contributed by atoms with E-state index in [2.05, 4.69) is 166 Å². The van der Waals surface area contributed by atoms with Gasteiger partial charge in [0.25, 0.3) is 0 Å². The number of carbonyl (C=O) groups excluding carboxylic acids is 4. The van der Waals surface area contributed by atoms with E-state index in [0.717, 1.165) is 118 Å². The monoisotopic (exact) mass is 1290 g/mol. The zero-order chi connectivity index (χ0) is 70.7. The van der Waals surface area contributed by atoms with Gasteiger partial charge in [-0.25, -0.2) is 0 Å². The largest absolute Gasteiger partial charge is 0.507 e. The zero-order valence-electron chi connectivity index (χ0n) is 62.3. The van der Waals surface area contributed by atoms with E-state index in [0.29, 0.717) is 0 Å². The minimum atomic E-state index is -1.59. The number of esters is 4. The second-order valence-corrected chi connectivity index (χ2v) is 32.2. The Bertz CT molecular complexity index is 2640. The van der Waals surface area contributed by atoms with Gasteiger partial charge in [-0.2, -0.15) is 0 Å². The van der Waals surface area contributed by atoms with Crippen molar-refractivity contribution in [2.24, 2.45) is 5.41 Å². The van der Waals surface area contributed by atoms with Gasteiger partial charge in [-0.15, -0.1) is 0 Å². The van der Waals surface area contributed by atoms with E-state index in [1.807, 2.05) is 48.5 Å². The van der Waals surface area contributed by atoms with Crippen molar-refractivity contribution < 1.29 is 58.6 Å². The van der Waals surface area contributed by atoms with Crippen LogP contribution in [0.3, 0.4) is 0 Å². The summed E-state index contributed by atoms with van der Waals surface area (Å²) in [5.41, 5.74) is 5.41. The van der Waals surface area contributed by atoms with Crippen molar-refractivity contribution in [3.63, 3.8) is 0 Å². The Morgan fingerprint density at radius 1 is 0.269 bits per heavy atom. The minimum Gasteiger partial charge on any atom is -0.507 e. The first-order chi connectivity index (χ1) is 42.9. The van der Waals surface area contributed by atoms with Crippen molar-refractivity contribution in [3.05, 3.63) is 115 Å². The predicted molar refractivity (Wildman–Crippen MR) is 379 cm³/mol. The van der Waals surface area contributed by atoms with E-state index in [1.54, 1.807) is 0 Å². The maximum absolute atomic E-state index is 14.3. The number of phenolic OH excluding ortho intramolecular Hbond substituents is 4. The fraction of sp³-hybridized carbons (Fsp3) is 0.654. The smallest absolute Gasteiger partial charge is 0.306 e. The molecule has 0 aliphatic carbocycles. The number of hydrogen-bond acceptors (Lipinski definition) is 12. The van der Waals surface area contributed by atoms with Gasteiger partial charge in [0.15, 0.2) is 0 Å². The zero-order valence-corrected chi connectivity index (χ0v) is 62.3. The molecule has 0 unspecified atom stereocenters. The molecule has 4 rings (SSSR count). The van der Waals surface area contributed by atoms with Crippen molar-refractivity contribution in [2.75, 3.05) is 26.4 Å². The molecular weight excluding hydrogens is 1160 g/mol. The van der Waals surface area contributed by atoms with E-state index >= 15 is 0 Å². The van der Waals surface area contributed by atoms with Crippen LogP contribution in [0.2, 0.25) is 0 Å². The van der Waals surface area contributed by atoms with Crippen molar-refractivity contribution in [2.45, 2.75) is 312 Å². The number of ether oxygens (including phenoxy) is 4. The van der Waals surface area contributed by atoms with Crippen molar-refractivity contribution in [3.8, 4) is 23.0 Å². The fourth-order valence-electron chi connectivity index (χ4n) is 11.5. The summed E-state index contributed by atoms with van der Waals surface area (Å²) in [6.07, 6.45) is 7.09. The second-order valence-electron chi connectivity index (χ2n) is 32.2. The molecule has 0 saturated heterocycles. The quantitative estimate of drug-likeness (QED) is 0.0250. The van der Waals surface area contributed by atoms with Crippen LogP contribution in [0.25, 0.3) is 0 Å². The molecular formula is C81H124O12. The predicted octanol–water partition coefficient (Wildman–Crippen LogP) is 19.0. The van der Waals surface area contributed by atoms with Gasteiger partial charge in [-0.3, -0.25) is 19.2 Å². The lowest BCUT2D eigenvalue weighted by molar-refractivity contribution is -0.170. The van der Waals surface area contributed by atoms with Crippen LogP contribution >= 0.6 is 0 Å². The summed E-state index contributed by atoms with van der Waals surface area (Å²) in [4.78, 5) is 57.4. The average molecular weight is 1290 g/mol. The topological polar surface area (TPSA) is 186 Å². The van der Waals surface area contributed by atoms with E-state index in [4.69, 9.17) is 18.9 Å². The first kappa shape index (κ1) is 79.4. The van der Waals surface area contributed by atoms with Crippen LogP contribution in [0.5, 0.6) is 23.0 Å². The summed E-state index contributed by atoms with van der Waals surface area (Å²) in [6, 6.07) is 15.8. The number of rotatable bonds is 36. The third-order valence-corrected chi connectivity index (χ3v) is 22.2. The maximum Gasteiger partial charge on any atom is 0.306 e. The molecule has 0 atom stereocenters. The lowest BCUT2D eigenvalue weighted by atomic mass is 9.74. The number of aromatic hydroxyl groups is 4. The molecule has 93 heavy (non-hydrogen) atoms. The van der Waals surface area contributed by atoms with Crippen LogP contribution < -0.4 is 0 Å². The fourth-order valence-corrected chi connectivity index (χ4v) is 11.5. The van der Waals surface area contributed by atoms with Gasteiger partial charge >= 0.3 is 23.9 Å². The van der Waals surface area contributed by atoms with Gasteiger partial charge in [-0.05, 0) is 143 Å². The van der Waals surface area contributed by atoms with Gasteiger partial charge in [0.05, 0.1) is 0 Å². The number of benzene rings is 4. The molecule has 0 fully saturated rings. The summed E-state index contributed by atoms with van der Waals surface area (Å²) in [7, 11) is 0. The molecule has 4 aromatic carbocycles. The van der Waals surface area contributed by atoms with Crippen LogP contribution in [0.1, 0.15) is 310 Å². The molecule has 12 heteroatoms. The molecule has 0 radical (unpaired) electrons. The average Bonchev–Trinajstić information content (AvgIpc) is 0.805. The molecule has 0 aromatic heterocycles. The molecule has 4 aromatic rings. The molecule has 0 saturated carbocycles. The van der Waals surface area contributed by atoms with Crippen LogP contribution in [-0.2, 0) is 107 Å². The highest BCUT2D eigenvalue weighted by atomic mass is 16.6. The summed E-state index contributed by atoms with van der Waals surface area (Å²) < 4.78 is 24.8. The van der Waals surface area contributed by atoms with Crippen molar-refractivity contribution in [1.29, 1.82) is 0 Å². The van der Waals surface area contributed by atoms with E-state index in [-0.39, 0.29) is 118 Å². The van der Waals surface area contributed by atoms with Gasteiger partial charge in [0, 0.05) is 70.2 Å².